The molecule has 0 unspecified atom stereocenters. The smallest absolute Gasteiger partial charge is 0.323 e. The van der Waals surface area contributed by atoms with E-state index < -0.39 is 5.97 Å². The lowest BCUT2D eigenvalue weighted by atomic mass is 10.1. The van der Waals surface area contributed by atoms with Gasteiger partial charge in [-0.15, -0.1) is 0 Å². The van der Waals surface area contributed by atoms with Crippen molar-refractivity contribution >= 4 is 39.1 Å². The molecule has 6 heteroatoms. The third kappa shape index (κ3) is 2.57. The van der Waals surface area contributed by atoms with Crippen LogP contribution in [0.3, 0.4) is 0 Å². The average molecular weight is 320 g/mol. The third-order valence-electron chi connectivity index (χ3n) is 3.14. The number of rotatable bonds is 3. The highest BCUT2D eigenvalue weighted by atomic mass is 35.5. The van der Waals surface area contributed by atoms with Gasteiger partial charge in [0.25, 0.3) is 0 Å². The zero-order valence-electron chi connectivity index (χ0n) is 10.7. The highest BCUT2D eigenvalue weighted by Crippen LogP contribution is 2.33. The molecule has 106 valence electrons. The number of carbonyl (C=O) groups is 1. The van der Waals surface area contributed by atoms with E-state index in [1.165, 1.54) is 4.57 Å². The van der Waals surface area contributed by atoms with Crippen LogP contribution in [0.5, 0.6) is 0 Å². The summed E-state index contributed by atoms with van der Waals surface area (Å²) in [5.41, 5.74) is 2.33. The van der Waals surface area contributed by atoms with Gasteiger partial charge in [0.1, 0.15) is 6.54 Å². The molecule has 0 saturated carbocycles. The molecule has 0 aliphatic heterocycles. The van der Waals surface area contributed by atoms with Crippen molar-refractivity contribution in [3.8, 4) is 11.1 Å². The predicted molar refractivity (Wildman–Crippen MR) is 84.2 cm³/mol. The molecular formula is C15H10ClNO3S. The molecule has 0 radical (unpaired) electrons. The van der Waals surface area contributed by atoms with Gasteiger partial charge in [-0.05, 0) is 17.7 Å². The van der Waals surface area contributed by atoms with Gasteiger partial charge in [-0.2, -0.15) is 0 Å². The van der Waals surface area contributed by atoms with Crippen LogP contribution >= 0.6 is 22.9 Å². The summed E-state index contributed by atoms with van der Waals surface area (Å²) in [4.78, 5) is 22.5. The molecule has 0 saturated heterocycles. The van der Waals surface area contributed by atoms with Gasteiger partial charge in [-0.25, -0.2) is 0 Å². The monoisotopic (exact) mass is 319 g/mol. The lowest BCUT2D eigenvalue weighted by Crippen LogP contribution is -2.18. The number of hydrogen-bond donors (Lipinski definition) is 1. The molecule has 0 atom stereocenters. The zero-order chi connectivity index (χ0) is 15.0. The van der Waals surface area contributed by atoms with Crippen LogP contribution in [0.15, 0.2) is 47.3 Å². The molecule has 4 nitrogen and oxygen atoms in total. The van der Waals surface area contributed by atoms with Crippen molar-refractivity contribution in [2.75, 3.05) is 0 Å². The van der Waals surface area contributed by atoms with E-state index in [2.05, 4.69) is 0 Å². The number of aliphatic carboxylic acids is 1. The van der Waals surface area contributed by atoms with E-state index in [9.17, 15) is 9.59 Å². The zero-order valence-corrected chi connectivity index (χ0v) is 12.3. The molecule has 3 aromatic rings. The molecule has 0 fully saturated rings. The molecule has 1 N–H and O–H groups in total. The van der Waals surface area contributed by atoms with Gasteiger partial charge < -0.3 is 5.11 Å². The Bertz CT molecular complexity index is 883. The summed E-state index contributed by atoms with van der Waals surface area (Å²) in [5.74, 6) is -1.06. The number of hydrogen-bond acceptors (Lipinski definition) is 3. The first kappa shape index (κ1) is 13.9. The number of carboxylic acids is 1. The Balaban J connectivity index is 2.22. The van der Waals surface area contributed by atoms with Crippen LogP contribution < -0.4 is 4.87 Å². The second-order valence-electron chi connectivity index (χ2n) is 4.51. The minimum Gasteiger partial charge on any atom is -0.480 e. The second kappa shape index (κ2) is 5.35. The molecule has 2 aromatic carbocycles. The number of benzene rings is 2. The molecule has 0 spiro atoms. The van der Waals surface area contributed by atoms with Gasteiger partial charge in [0, 0.05) is 5.56 Å². The Morgan fingerprint density at radius 3 is 2.62 bits per heavy atom. The first-order chi connectivity index (χ1) is 10.1. The minimum atomic E-state index is -1.06. The average Bonchev–Trinajstić information content (AvgIpc) is 2.74. The van der Waals surface area contributed by atoms with Crippen molar-refractivity contribution in [2.24, 2.45) is 0 Å². The summed E-state index contributed by atoms with van der Waals surface area (Å²) in [6.45, 7) is -0.361. The Morgan fingerprint density at radius 2 is 1.95 bits per heavy atom. The maximum atomic E-state index is 11.9. The van der Waals surface area contributed by atoms with Crippen LogP contribution in [0.25, 0.3) is 21.3 Å². The Labute approximate surface area is 128 Å². The minimum absolute atomic E-state index is 0.298. The number of fused-ring (bicyclic) bond motifs is 1. The first-order valence-corrected chi connectivity index (χ1v) is 7.36. The summed E-state index contributed by atoms with van der Waals surface area (Å²) in [6, 6.07) is 13.1. The second-order valence-corrected chi connectivity index (χ2v) is 5.91. The van der Waals surface area contributed by atoms with E-state index in [1.54, 1.807) is 6.07 Å². The van der Waals surface area contributed by atoms with Crippen molar-refractivity contribution < 1.29 is 9.90 Å². The molecule has 0 aliphatic rings. The maximum Gasteiger partial charge on any atom is 0.323 e. The standard InChI is InChI=1S/C15H10ClNO3S/c16-11-7-12-13(21-15(20)17(12)8-14(18)19)6-10(11)9-4-2-1-3-5-9/h1-7H,8H2,(H,18,19). The van der Waals surface area contributed by atoms with E-state index in [-0.39, 0.29) is 11.4 Å². The van der Waals surface area contributed by atoms with E-state index >= 15 is 0 Å². The Hall–Kier alpha value is -2.11. The normalized spacial score (nSPS) is 10.9. The Kier molecular flexibility index (Phi) is 3.53. The third-order valence-corrected chi connectivity index (χ3v) is 4.39. The summed E-state index contributed by atoms with van der Waals surface area (Å²) in [7, 11) is 0. The fourth-order valence-corrected chi connectivity index (χ4v) is 3.39. The summed E-state index contributed by atoms with van der Waals surface area (Å²) >= 11 is 7.32. The lowest BCUT2D eigenvalue weighted by Gasteiger charge is -2.06. The predicted octanol–water partition coefficient (Wildman–Crippen LogP) is 3.47. The van der Waals surface area contributed by atoms with E-state index in [0.717, 1.165) is 27.2 Å². The number of nitrogens with zero attached hydrogens (tertiary/aromatic N) is 1. The van der Waals surface area contributed by atoms with Gasteiger partial charge in [-0.3, -0.25) is 14.2 Å². The van der Waals surface area contributed by atoms with Crippen molar-refractivity contribution in [3.05, 3.63) is 57.2 Å². The van der Waals surface area contributed by atoms with Crippen LogP contribution in [-0.2, 0) is 11.3 Å². The van der Waals surface area contributed by atoms with E-state index in [1.807, 2.05) is 36.4 Å². The van der Waals surface area contributed by atoms with E-state index in [0.29, 0.717) is 10.5 Å². The van der Waals surface area contributed by atoms with Crippen molar-refractivity contribution in [3.63, 3.8) is 0 Å². The van der Waals surface area contributed by atoms with Gasteiger partial charge in [-0.1, -0.05) is 53.3 Å². The van der Waals surface area contributed by atoms with Gasteiger partial charge in [0.05, 0.1) is 15.2 Å². The molecule has 21 heavy (non-hydrogen) atoms. The lowest BCUT2D eigenvalue weighted by molar-refractivity contribution is -0.137. The highest BCUT2D eigenvalue weighted by molar-refractivity contribution is 7.16. The quantitative estimate of drug-likeness (QED) is 0.804. The summed E-state index contributed by atoms with van der Waals surface area (Å²) < 4.78 is 1.95. The van der Waals surface area contributed by atoms with Crippen LogP contribution in [0.4, 0.5) is 0 Å². The summed E-state index contributed by atoms with van der Waals surface area (Å²) in [5, 5.41) is 9.37. The largest absolute Gasteiger partial charge is 0.480 e. The topological polar surface area (TPSA) is 59.3 Å². The molecule has 3 rings (SSSR count). The molecule has 1 heterocycles. The van der Waals surface area contributed by atoms with Crippen LogP contribution in [0, 0.1) is 0 Å². The number of thiazole rings is 1. The molecular weight excluding hydrogens is 310 g/mol. The van der Waals surface area contributed by atoms with E-state index in [4.69, 9.17) is 16.7 Å². The first-order valence-electron chi connectivity index (χ1n) is 6.16. The molecule has 0 amide bonds. The number of halogens is 1. The van der Waals surface area contributed by atoms with Gasteiger partial charge in [0.2, 0.25) is 0 Å². The fourth-order valence-electron chi connectivity index (χ4n) is 2.21. The fraction of sp³-hybridized carbons (Fsp3) is 0.0667. The highest BCUT2D eigenvalue weighted by Gasteiger charge is 2.14. The SMILES string of the molecule is O=C(O)Cn1c(=O)sc2cc(-c3ccccc3)c(Cl)cc21. The summed E-state index contributed by atoms with van der Waals surface area (Å²) in [6.07, 6.45) is 0. The number of aromatic nitrogens is 1. The van der Waals surface area contributed by atoms with Crippen LogP contribution in [-0.4, -0.2) is 15.6 Å². The van der Waals surface area contributed by atoms with Crippen molar-refractivity contribution in [1.82, 2.24) is 4.57 Å². The maximum absolute atomic E-state index is 11.9. The molecule has 1 aromatic heterocycles. The number of carboxylic acid groups (broad SMARTS) is 1. The van der Waals surface area contributed by atoms with Gasteiger partial charge >= 0.3 is 10.8 Å². The van der Waals surface area contributed by atoms with Crippen molar-refractivity contribution in [1.29, 1.82) is 0 Å². The van der Waals surface area contributed by atoms with Crippen LogP contribution in [0.1, 0.15) is 0 Å². The van der Waals surface area contributed by atoms with Crippen molar-refractivity contribution in [2.45, 2.75) is 6.54 Å². The van der Waals surface area contributed by atoms with Gasteiger partial charge in [0.15, 0.2) is 0 Å². The van der Waals surface area contributed by atoms with Crippen LogP contribution in [0.2, 0.25) is 5.02 Å². The molecule has 0 aliphatic carbocycles. The molecule has 0 bridgehead atoms. The Morgan fingerprint density at radius 1 is 1.24 bits per heavy atom.